The van der Waals surface area contributed by atoms with Crippen molar-refractivity contribution in [2.75, 3.05) is 11.9 Å². The molecular formula is C21H19ClF4N8O. The molecule has 9 nitrogen and oxygen atoms in total. The van der Waals surface area contributed by atoms with Gasteiger partial charge in [-0.15, -0.1) is 0 Å². The minimum absolute atomic E-state index is 0.0464. The van der Waals surface area contributed by atoms with Crippen molar-refractivity contribution in [3.63, 3.8) is 0 Å². The fourth-order valence-corrected chi connectivity index (χ4v) is 3.26. The molecule has 184 valence electrons. The first-order chi connectivity index (χ1) is 16.5. The summed E-state index contributed by atoms with van der Waals surface area (Å²) in [6, 6.07) is 3.09. The van der Waals surface area contributed by atoms with Crippen LogP contribution in [0.5, 0.6) is 0 Å². The molecule has 4 aromatic heterocycles. The summed E-state index contributed by atoms with van der Waals surface area (Å²) in [5.41, 5.74) is -1.48. The number of hydrogen-bond donors (Lipinski definition) is 2. The predicted octanol–water partition coefficient (Wildman–Crippen LogP) is 4.62. The SMILES string of the molecule is CC(C)(F)[C@H](F)CNC(=O)c1cnc(-n2ncc3cc(Cl)cnc32)cc1Nc1cnn(C(F)F)c1. The minimum Gasteiger partial charge on any atom is -0.352 e. The molecule has 0 aromatic carbocycles. The Balaban J connectivity index is 1.70. The van der Waals surface area contributed by atoms with Crippen molar-refractivity contribution in [3.8, 4) is 5.82 Å². The number of anilines is 2. The molecule has 0 saturated carbocycles. The first-order valence-electron chi connectivity index (χ1n) is 10.2. The van der Waals surface area contributed by atoms with Crippen molar-refractivity contribution in [1.29, 1.82) is 0 Å². The summed E-state index contributed by atoms with van der Waals surface area (Å²) in [4.78, 5) is 21.3. The molecule has 0 radical (unpaired) electrons. The second-order valence-corrected chi connectivity index (χ2v) is 8.50. The second-order valence-electron chi connectivity index (χ2n) is 8.06. The topological polar surface area (TPSA) is 103 Å². The van der Waals surface area contributed by atoms with Crippen LogP contribution < -0.4 is 10.6 Å². The molecule has 35 heavy (non-hydrogen) atoms. The molecule has 0 aliphatic carbocycles. The van der Waals surface area contributed by atoms with Crippen molar-refractivity contribution < 1.29 is 22.4 Å². The Labute approximate surface area is 201 Å². The molecule has 0 unspecified atom stereocenters. The first-order valence-corrected chi connectivity index (χ1v) is 10.6. The number of amides is 1. The van der Waals surface area contributed by atoms with Gasteiger partial charge in [-0.05, 0) is 19.9 Å². The van der Waals surface area contributed by atoms with E-state index in [4.69, 9.17) is 11.6 Å². The Bertz CT molecular complexity index is 1370. The second kappa shape index (κ2) is 9.49. The number of aromatic nitrogens is 6. The molecule has 0 aliphatic heterocycles. The van der Waals surface area contributed by atoms with E-state index in [1.54, 1.807) is 6.07 Å². The first kappa shape index (κ1) is 24.4. The van der Waals surface area contributed by atoms with Gasteiger partial charge in [-0.1, -0.05) is 11.6 Å². The third-order valence-electron chi connectivity index (χ3n) is 4.99. The molecule has 0 bridgehead atoms. The van der Waals surface area contributed by atoms with Crippen molar-refractivity contribution in [2.24, 2.45) is 0 Å². The highest BCUT2D eigenvalue weighted by molar-refractivity contribution is 6.31. The lowest BCUT2D eigenvalue weighted by molar-refractivity contribution is 0.0566. The highest BCUT2D eigenvalue weighted by Crippen LogP contribution is 2.26. The summed E-state index contributed by atoms with van der Waals surface area (Å²) in [7, 11) is 0. The Morgan fingerprint density at radius 3 is 2.57 bits per heavy atom. The summed E-state index contributed by atoms with van der Waals surface area (Å²) < 4.78 is 55.5. The maximum atomic E-state index is 14.0. The van der Waals surface area contributed by atoms with Crippen molar-refractivity contribution in [2.45, 2.75) is 32.2 Å². The fraction of sp³-hybridized carbons (Fsp3) is 0.286. The molecule has 14 heteroatoms. The number of pyridine rings is 2. The van der Waals surface area contributed by atoms with Crippen LogP contribution in [0.25, 0.3) is 16.9 Å². The van der Waals surface area contributed by atoms with Crippen LogP contribution in [0.2, 0.25) is 5.02 Å². The van der Waals surface area contributed by atoms with E-state index in [2.05, 4.69) is 30.8 Å². The van der Waals surface area contributed by atoms with Crippen LogP contribution in [0.15, 0.2) is 43.1 Å². The number of rotatable bonds is 8. The quantitative estimate of drug-likeness (QED) is 0.335. The molecule has 4 heterocycles. The molecule has 1 atom stereocenters. The Hall–Kier alpha value is -3.74. The fourth-order valence-electron chi connectivity index (χ4n) is 3.09. The van der Waals surface area contributed by atoms with Gasteiger partial charge < -0.3 is 10.6 Å². The average Bonchev–Trinajstić information content (AvgIpc) is 3.43. The van der Waals surface area contributed by atoms with Crippen LogP contribution in [0.4, 0.5) is 28.9 Å². The van der Waals surface area contributed by atoms with Crippen molar-refractivity contribution in [3.05, 3.63) is 53.7 Å². The molecule has 0 aliphatic rings. The van der Waals surface area contributed by atoms with Crippen LogP contribution in [-0.4, -0.2) is 53.8 Å². The van der Waals surface area contributed by atoms with Gasteiger partial charge in [0, 0.05) is 23.8 Å². The molecule has 0 spiro atoms. The predicted molar refractivity (Wildman–Crippen MR) is 121 cm³/mol. The third kappa shape index (κ3) is 5.34. The average molecular weight is 511 g/mol. The number of carbonyl (C=O) groups is 1. The summed E-state index contributed by atoms with van der Waals surface area (Å²) in [5.74, 6) is -0.515. The van der Waals surface area contributed by atoms with Gasteiger partial charge in [-0.2, -0.15) is 23.7 Å². The molecule has 4 aromatic rings. The van der Waals surface area contributed by atoms with Gasteiger partial charge in [-0.25, -0.2) is 23.4 Å². The van der Waals surface area contributed by atoms with E-state index >= 15 is 0 Å². The Morgan fingerprint density at radius 1 is 1.11 bits per heavy atom. The van der Waals surface area contributed by atoms with Crippen LogP contribution in [0.1, 0.15) is 30.8 Å². The maximum absolute atomic E-state index is 14.0. The molecular weight excluding hydrogens is 492 g/mol. The van der Waals surface area contributed by atoms with Crippen LogP contribution in [0.3, 0.4) is 0 Å². The highest BCUT2D eigenvalue weighted by Gasteiger charge is 2.29. The van der Waals surface area contributed by atoms with Gasteiger partial charge in [0.05, 0.1) is 47.1 Å². The van der Waals surface area contributed by atoms with Crippen LogP contribution in [-0.2, 0) is 0 Å². The summed E-state index contributed by atoms with van der Waals surface area (Å²) in [5, 5.41) is 14.0. The smallest absolute Gasteiger partial charge is 0.333 e. The van der Waals surface area contributed by atoms with Gasteiger partial charge in [0.1, 0.15) is 5.67 Å². The van der Waals surface area contributed by atoms with Crippen molar-refractivity contribution >= 4 is 39.9 Å². The summed E-state index contributed by atoms with van der Waals surface area (Å²) >= 11 is 5.97. The standard InChI is InChI=1S/C21H19ClF4N8O/c1-21(2,26)16(23)9-29-19(35)14-8-27-17(34-18-11(5-31-34)3-12(22)6-28-18)4-15(14)32-13-7-30-33(10-13)20(24)25/h3-8,10,16,20H,9H2,1-2H3,(H,27,32)(H,29,35)/t16-/m1/s1. The zero-order chi connectivity index (χ0) is 25.3. The number of alkyl halides is 4. The Kier molecular flexibility index (Phi) is 6.61. The monoisotopic (exact) mass is 510 g/mol. The van der Waals surface area contributed by atoms with Crippen LogP contribution in [0, 0.1) is 0 Å². The van der Waals surface area contributed by atoms with Gasteiger partial charge in [0.2, 0.25) is 0 Å². The normalized spacial score (nSPS) is 12.8. The third-order valence-corrected chi connectivity index (χ3v) is 5.20. The molecule has 0 fully saturated rings. The van der Waals surface area contributed by atoms with E-state index < -0.39 is 30.8 Å². The van der Waals surface area contributed by atoms with Gasteiger partial charge in [-0.3, -0.25) is 4.79 Å². The zero-order valence-electron chi connectivity index (χ0n) is 18.4. The van der Waals surface area contributed by atoms with E-state index in [1.165, 1.54) is 29.3 Å². The van der Waals surface area contributed by atoms with E-state index in [0.717, 1.165) is 26.2 Å². The van der Waals surface area contributed by atoms with E-state index in [0.29, 0.717) is 20.7 Å². The maximum Gasteiger partial charge on any atom is 0.333 e. The number of carbonyl (C=O) groups excluding carboxylic acids is 1. The van der Waals surface area contributed by atoms with E-state index in [9.17, 15) is 22.4 Å². The van der Waals surface area contributed by atoms with Crippen LogP contribution >= 0.6 is 11.6 Å². The largest absolute Gasteiger partial charge is 0.352 e. The lowest BCUT2D eigenvalue weighted by Crippen LogP contribution is -2.39. The van der Waals surface area contributed by atoms with E-state index in [-0.39, 0.29) is 22.8 Å². The molecule has 1 amide bonds. The number of nitrogens with one attached hydrogen (secondary N) is 2. The number of fused-ring (bicyclic) bond motifs is 1. The zero-order valence-corrected chi connectivity index (χ0v) is 19.1. The summed E-state index contributed by atoms with van der Waals surface area (Å²) in [6.07, 6.45) is 4.39. The lowest BCUT2D eigenvalue weighted by atomic mass is 10.1. The Morgan fingerprint density at radius 2 is 1.89 bits per heavy atom. The molecule has 0 saturated heterocycles. The van der Waals surface area contributed by atoms with Gasteiger partial charge in [0.15, 0.2) is 17.6 Å². The van der Waals surface area contributed by atoms with Gasteiger partial charge in [0.25, 0.3) is 5.91 Å². The highest BCUT2D eigenvalue weighted by atomic mass is 35.5. The number of halogens is 5. The number of hydrogen-bond acceptors (Lipinski definition) is 6. The summed E-state index contributed by atoms with van der Waals surface area (Å²) in [6.45, 7) is -1.33. The molecule has 2 N–H and O–H groups in total. The van der Waals surface area contributed by atoms with Crippen molar-refractivity contribution in [1.82, 2.24) is 34.8 Å². The lowest BCUT2D eigenvalue weighted by Gasteiger charge is -2.20. The number of nitrogens with zero attached hydrogens (tertiary/aromatic N) is 6. The minimum atomic E-state index is -2.86. The molecule has 4 rings (SSSR count). The van der Waals surface area contributed by atoms with E-state index in [1.807, 2.05) is 0 Å². The van der Waals surface area contributed by atoms with Gasteiger partial charge >= 0.3 is 6.55 Å².